The summed E-state index contributed by atoms with van der Waals surface area (Å²) in [5, 5.41) is 19.2. The van der Waals surface area contributed by atoms with Gasteiger partial charge in [-0.1, -0.05) is 0 Å². The molecule has 0 saturated carbocycles. The van der Waals surface area contributed by atoms with E-state index in [-0.39, 0.29) is 17.6 Å². The Morgan fingerprint density at radius 1 is 1.33 bits per heavy atom. The Kier molecular flexibility index (Phi) is 8.86. The number of carbonyl (C=O) groups is 4. The van der Waals surface area contributed by atoms with Crippen LogP contribution in [0.3, 0.4) is 0 Å². The van der Waals surface area contributed by atoms with Crippen molar-refractivity contribution in [3.63, 3.8) is 0 Å². The zero-order valence-corrected chi connectivity index (χ0v) is 13.3. The number of thiol groups is 1. The predicted octanol–water partition coefficient (Wildman–Crippen LogP) is -0.502. The van der Waals surface area contributed by atoms with Crippen LogP contribution >= 0.6 is 24.4 Å². The van der Waals surface area contributed by atoms with Gasteiger partial charge in [0, 0.05) is 25.4 Å². The van der Waals surface area contributed by atoms with Crippen molar-refractivity contribution in [3.05, 3.63) is 0 Å². The molecule has 0 aliphatic carbocycles. The van der Waals surface area contributed by atoms with Crippen molar-refractivity contribution >= 4 is 48.1 Å². The highest BCUT2D eigenvalue weighted by Crippen LogP contribution is 2.20. The second-order valence-electron chi connectivity index (χ2n) is 4.12. The van der Waals surface area contributed by atoms with E-state index in [1.807, 2.05) is 0 Å². The molecule has 120 valence electrons. The smallest absolute Gasteiger partial charge is 0.327 e. The van der Waals surface area contributed by atoms with Crippen LogP contribution in [0.5, 0.6) is 0 Å². The molecule has 3 N–H and O–H groups in total. The SMILES string of the molecule is CC(=O)N1CSC[C@H]1C(=O)O.CC(=O)N[C@@H](CS)C(=O)O. The normalized spacial score (nSPS) is 18.2. The zero-order valence-electron chi connectivity index (χ0n) is 11.6. The number of carbonyl (C=O) groups excluding carboxylic acids is 2. The van der Waals surface area contributed by atoms with Gasteiger partial charge in [-0.3, -0.25) is 9.59 Å². The van der Waals surface area contributed by atoms with Crippen molar-refractivity contribution in [2.75, 3.05) is 17.4 Å². The summed E-state index contributed by atoms with van der Waals surface area (Å²) in [5.41, 5.74) is 0. The van der Waals surface area contributed by atoms with Gasteiger partial charge in [0.2, 0.25) is 11.8 Å². The molecule has 2 amide bonds. The van der Waals surface area contributed by atoms with Gasteiger partial charge in [0.1, 0.15) is 12.1 Å². The largest absolute Gasteiger partial charge is 0.480 e. The summed E-state index contributed by atoms with van der Waals surface area (Å²) in [4.78, 5) is 43.2. The highest BCUT2D eigenvalue weighted by molar-refractivity contribution is 7.99. The highest BCUT2D eigenvalue weighted by Gasteiger charge is 2.32. The molecule has 1 saturated heterocycles. The minimum Gasteiger partial charge on any atom is -0.480 e. The Hall–Kier alpha value is -1.42. The molecule has 0 spiro atoms. The van der Waals surface area contributed by atoms with E-state index in [1.165, 1.54) is 30.5 Å². The standard InChI is InChI=1S/C6H9NO3S.C5H9NO3S/c1-4(8)7-3-11-2-5(7)6(9)10;1-3(7)6-4(2-10)5(8)9/h5H,2-3H2,1H3,(H,9,10);4,10H,2H2,1H3,(H,6,7)(H,8,9)/t5-;4-/m00/s1. The minimum atomic E-state index is -1.06. The van der Waals surface area contributed by atoms with Crippen LogP contribution < -0.4 is 5.32 Å². The van der Waals surface area contributed by atoms with Crippen LogP contribution in [-0.4, -0.2) is 68.3 Å². The molecule has 0 radical (unpaired) electrons. The topological polar surface area (TPSA) is 124 Å². The van der Waals surface area contributed by atoms with Gasteiger partial charge in [-0.15, -0.1) is 11.8 Å². The third kappa shape index (κ3) is 7.23. The Balaban J connectivity index is 0.000000384. The number of aliphatic carboxylic acids is 2. The van der Waals surface area contributed by atoms with Gasteiger partial charge >= 0.3 is 11.9 Å². The molecule has 0 aromatic rings. The van der Waals surface area contributed by atoms with Crippen molar-refractivity contribution in [2.24, 2.45) is 0 Å². The molecule has 21 heavy (non-hydrogen) atoms. The minimum absolute atomic E-state index is 0.106. The third-order valence-corrected chi connectivity index (χ3v) is 3.81. The predicted molar refractivity (Wildman–Crippen MR) is 80.4 cm³/mol. The number of nitrogens with one attached hydrogen (secondary N) is 1. The van der Waals surface area contributed by atoms with Gasteiger partial charge in [0.15, 0.2) is 0 Å². The Morgan fingerprint density at radius 2 is 1.90 bits per heavy atom. The fourth-order valence-corrected chi connectivity index (χ4v) is 2.85. The molecule has 1 heterocycles. The molecular weight excluding hydrogens is 320 g/mol. The first-order chi connectivity index (χ1) is 9.70. The fraction of sp³-hybridized carbons (Fsp3) is 0.636. The van der Waals surface area contributed by atoms with Crippen LogP contribution in [-0.2, 0) is 19.2 Å². The summed E-state index contributed by atoms with van der Waals surface area (Å²) in [7, 11) is 0. The van der Waals surface area contributed by atoms with Crippen LogP contribution in [0.15, 0.2) is 0 Å². The van der Waals surface area contributed by atoms with Gasteiger partial charge in [0.05, 0.1) is 5.88 Å². The lowest BCUT2D eigenvalue weighted by Crippen LogP contribution is -2.40. The molecule has 0 aromatic carbocycles. The van der Waals surface area contributed by atoms with E-state index in [1.54, 1.807) is 0 Å². The number of carboxylic acid groups (broad SMARTS) is 2. The maximum atomic E-state index is 10.8. The summed E-state index contributed by atoms with van der Waals surface area (Å²) < 4.78 is 0. The number of amides is 2. The van der Waals surface area contributed by atoms with E-state index in [0.717, 1.165) is 0 Å². The number of hydrogen-bond donors (Lipinski definition) is 4. The van der Waals surface area contributed by atoms with E-state index in [0.29, 0.717) is 11.6 Å². The van der Waals surface area contributed by atoms with Gasteiger partial charge < -0.3 is 20.4 Å². The summed E-state index contributed by atoms with van der Waals surface area (Å²) in [5.74, 6) is -1.38. The highest BCUT2D eigenvalue weighted by atomic mass is 32.2. The van der Waals surface area contributed by atoms with E-state index in [2.05, 4.69) is 17.9 Å². The fourth-order valence-electron chi connectivity index (χ4n) is 1.39. The van der Waals surface area contributed by atoms with Crippen molar-refractivity contribution in [1.82, 2.24) is 10.2 Å². The Labute approximate surface area is 131 Å². The molecule has 8 nitrogen and oxygen atoms in total. The van der Waals surface area contributed by atoms with Gasteiger partial charge in [-0.25, -0.2) is 9.59 Å². The monoisotopic (exact) mass is 338 g/mol. The molecule has 0 aromatic heterocycles. The summed E-state index contributed by atoms with van der Waals surface area (Å²) in [6.07, 6.45) is 0. The molecule has 1 rings (SSSR count). The maximum Gasteiger partial charge on any atom is 0.327 e. The third-order valence-electron chi connectivity index (χ3n) is 2.43. The van der Waals surface area contributed by atoms with E-state index in [9.17, 15) is 19.2 Å². The van der Waals surface area contributed by atoms with E-state index >= 15 is 0 Å². The van der Waals surface area contributed by atoms with Crippen LogP contribution in [0.1, 0.15) is 13.8 Å². The second-order valence-corrected chi connectivity index (χ2v) is 5.48. The quantitative estimate of drug-likeness (QED) is 0.509. The molecule has 10 heteroatoms. The molecule has 1 fully saturated rings. The molecule has 0 unspecified atom stereocenters. The van der Waals surface area contributed by atoms with Crippen molar-refractivity contribution in [2.45, 2.75) is 25.9 Å². The molecule has 1 aliphatic rings. The summed E-state index contributed by atoms with van der Waals surface area (Å²) in [6, 6.07) is -1.49. The van der Waals surface area contributed by atoms with Crippen molar-refractivity contribution < 1.29 is 29.4 Å². The molecule has 1 aliphatic heterocycles. The second kappa shape index (κ2) is 9.50. The molecule has 2 atom stereocenters. The van der Waals surface area contributed by atoms with Crippen molar-refractivity contribution in [3.8, 4) is 0 Å². The first-order valence-corrected chi connectivity index (χ1v) is 7.67. The Bertz CT molecular complexity index is 398. The number of rotatable bonds is 4. The van der Waals surface area contributed by atoms with Crippen LogP contribution in [0, 0.1) is 0 Å². The number of thioether (sulfide) groups is 1. The van der Waals surface area contributed by atoms with E-state index < -0.39 is 24.0 Å². The maximum absolute atomic E-state index is 10.8. The van der Waals surface area contributed by atoms with Crippen LogP contribution in [0.4, 0.5) is 0 Å². The van der Waals surface area contributed by atoms with Crippen molar-refractivity contribution in [1.29, 1.82) is 0 Å². The zero-order chi connectivity index (χ0) is 16.6. The van der Waals surface area contributed by atoms with Gasteiger partial charge in [-0.05, 0) is 0 Å². The lowest BCUT2D eigenvalue weighted by molar-refractivity contribution is -0.147. The average molecular weight is 338 g/mol. The number of hydrogen-bond acceptors (Lipinski definition) is 6. The first kappa shape index (κ1) is 19.6. The number of nitrogens with zero attached hydrogens (tertiary/aromatic N) is 1. The number of carboxylic acids is 2. The van der Waals surface area contributed by atoms with Crippen LogP contribution in [0.25, 0.3) is 0 Å². The van der Waals surface area contributed by atoms with Crippen LogP contribution in [0.2, 0.25) is 0 Å². The first-order valence-electron chi connectivity index (χ1n) is 5.89. The lowest BCUT2D eigenvalue weighted by Gasteiger charge is -2.17. The summed E-state index contributed by atoms with van der Waals surface area (Å²) in [6.45, 7) is 2.65. The molecule has 0 bridgehead atoms. The average Bonchev–Trinajstić information content (AvgIpc) is 2.85. The summed E-state index contributed by atoms with van der Waals surface area (Å²) >= 11 is 5.21. The molecular formula is C11H18N2O6S2. The van der Waals surface area contributed by atoms with Gasteiger partial charge in [-0.2, -0.15) is 12.6 Å². The van der Waals surface area contributed by atoms with Gasteiger partial charge in [0.25, 0.3) is 0 Å². The Morgan fingerprint density at radius 3 is 2.14 bits per heavy atom. The lowest BCUT2D eigenvalue weighted by atomic mass is 10.3. The van der Waals surface area contributed by atoms with E-state index in [4.69, 9.17) is 10.2 Å².